The molecule has 4 aliphatic carbocycles. The Kier molecular flexibility index (Phi) is 3.65. The number of carboxylic acids is 1. The van der Waals surface area contributed by atoms with Crippen molar-refractivity contribution >= 4 is 17.8 Å². The molecule has 166 valence electrons. The third kappa shape index (κ3) is 2.21. The number of aliphatic carboxylic acids is 1. The van der Waals surface area contributed by atoms with Gasteiger partial charge in [0.15, 0.2) is 11.2 Å². The van der Waals surface area contributed by atoms with Crippen LogP contribution in [0, 0.1) is 47.3 Å². The van der Waals surface area contributed by atoms with E-state index in [1.807, 2.05) is 0 Å². The highest BCUT2D eigenvalue weighted by Crippen LogP contribution is 2.77. The van der Waals surface area contributed by atoms with Crippen LogP contribution in [-0.2, 0) is 23.9 Å². The highest BCUT2D eigenvalue weighted by molar-refractivity contribution is 5.93. The number of esters is 1. The Bertz CT molecular complexity index is 904. The molecule has 2 saturated heterocycles. The lowest BCUT2D eigenvalue weighted by molar-refractivity contribution is -0.177. The first-order chi connectivity index (χ1) is 14.6. The minimum atomic E-state index is -1.33. The Morgan fingerprint density at radius 3 is 1.81 bits per heavy atom. The van der Waals surface area contributed by atoms with Crippen LogP contribution in [0.2, 0.25) is 0 Å². The van der Waals surface area contributed by atoms with E-state index in [0.29, 0.717) is 0 Å². The summed E-state index contributed by atoms with van der Waals surface area (Å²) in [5.41, 5.74) is -3.17. The van der Waals surface area contributed by atoms with E-state index in [1.165, 1.54) is 0 Å². The Hall–Kier alpha value is -2.15. The normalized spacial score (nSPS) is 49.4. The maximum Gasteiger partial charge on any atom is 0.336 e. The van der Waals surface area contributed by atoms with Gasteiger partial charge in [0.2, 0.25) is 0 Å². The summed E-state index contributed by atoms with van der Waals surface area (Å²) in [5, 5.41) is 13.3. The van der Waals surface area contributed by atoms with E-state index in [0.717, 1.165) is 12.8 Å². The van der Waals surface area contributed by atoms with Gasteiger partial charge >= 0.3 is 11.9 Å². The van der Waals surface area contributed by atoms with Crippen LogP contribution in [0.3, 0.4) is 0 Å². The standard InChI is InChI=1S/C24H29NO6/c1-22(2,3)30-15(26)10-25-20(27)23-16-11-4-6-13(8-11)18(16)24(31-23,21(28)29)19-14-7-5-12(9-14)17(19)23/h4-7,11-14,16-19H,8-10H2,1-3H3,(H,25,27)(H,28,29)/t11-,12+,13+,14-,16+,17-,18-,19+,23?,24?. The average molecular weight is 427 g/mol. The Morgan fingerprint density at radius 2 is 1.39 bits per heavy atom. The molecule has 1 amide bonds. The van der Waals surface area contributed by atoms with Gasteiger partial charge < -0.3 is 19.9 Å². The van der Waals surface area contributed by atoms with Gasteiger partial charge in [0, 0.05) is 23.7 Å². The smallest absolute Gasteiger partial charge is 0.336 e. The van der Waals surface area contributed by atoms with Gasteiger partial charge in [0.05, 0.1) is 0 Å². The van der Waals surface area contributed by atoms with E-state index < -0.39 is 28.7 Å². The molecule has 2 heterocycles. The summed E-state index contributed by atoms with van der Waals surface area (Å²) < 4.78 is 11.9. The summed E-state index contributed by atoms with van der Waals surface area (Å²) >= 11 is 0. The molecule has 2 N–H and O–H groups in total. The highest BCUT2D eigenvalue weighted by Gasteiger charge is 2.87. The Labute approximate surface area is 181 Å². The van der Waals surface area contributed by atoms with Crippen LogP contribution >= 0.6 is 0 Å². The van der Waals surface area contributed by atoms with E-state index in [-0.39, 0.29) is 59.8 Å². The van der Waals surface area contributed by atoms with Crippen molar-refractivity contribution in [2.75, 3.05) is 6.54 Å². The first-order valence-corrected chi connectivity index (χ1v) is 11.4. The summed E-state index contributed by atoms with van der Waals surface area (Å²) in [4.78, 5) is 38.9. The molecule has 0 radical (unpaired) electrons. The number of carbonyl (C=O) groups excluding carboxylic acids is 2. The topological polar surface area (TPSA) is 102 Å². The molecule has 2 unspecified atom stereocenters. The van der Waals surface area contributed by atoms with Crippen LogP contribution in [0.4, 0.5) is 0 Å². The number of amides is 1. The fourth-order valence-electron chi connectivity index (χ4n) is 8.33. The van der Waals surface area contributed by atoms with E-state index in [1.54, 1.807) is 20.8 Å². The van der Waals surface area contributed by atoms with Crippen LogP contribution < -0.4 is 5.32 Å². The number of rotatable bonds is 4. The molecule has 7 heteroatoms. The zero-order chi connectivity index (χ0) is 21.9. The van der Waals surface area contributed by atoms with Crippen molar-refractivity contribution in [2.24, 2.45) is 47.3 Å². The van der Waals surface area contributed by atoms with Gasteiger partial charge in [-0.25, -0.2) is 4.79 Å². The number of fused-ring (bicyclic) bond motifs is 16. The monoisotopic (exact) mass is 427 g/mol. The van der Waals surface area contributed by atoms with E-state index >= 15 is 0 Å². The lowest BCUT2D eigenvalue weighted by Gasteiger charge is -2.47. The maximum absolute atomic E-state index is 13.8. The van der Waals surface area contributed by atoms with Crippen LogP contribution in [-0.4, -0.2) is 46.3 Å². The van der Waals surface area contributed by atoms with E-state index in [4.69, 9.17) is 9.47 Å². The molecule has 6 aliphatic rings. The van der Waals surface area contributed by atoms with Crippen LogP contribution in [0.5, 0.6) is 0 Å². The van der Waals surface area contributed by atoms with Crippen molar-refractivity contribution in [3.05, 3.63) is 24.3 Å². The van der Waals surface area contributed by atoms with E-state index in [2.05, 4.69) is 29.6 Å². The molecule has 6 rings (SSSR count). The van der Waals surface area contributed by atoms with Gasteiger partial charge in [-0.1, -0.05) is 24.3 Å². The van der Waals surface area contributed by atoms with Gasteiger partial charge in [-0.05, 0) is 57.3 Å². The second-order valence-corrected chi connectivity index (χ2v) is 11.3. The van der Waals surface area contributed by atoms with Crippen LogP contribution in [0.1, 0.15) is 33.6 Å². The summed E-state index contributed by atoms with van der Waals surface area (Å²) in [6.07, 6.45) is 10.3. The third-order valence-corrected chi connectivity index (χ3v) is 8.74. The zero-order valence-electron chi connectivity index (χ0n) is 18.0. The molecule has 0 aromatic carbocycles. The molecule has 0 spiro atoms. The van der Waals surface area contributed by atoms with Crippen molar-refractivity contribution in [1.29, 1.82) is 0 Å². The zero-order valence-corrected chi connectivity index (χ0v) is 18.0. The van der Waals surface area contributed by atoms with Crippen LogP contribution in [0.15, 0.2) is 24.3 Å². The molecule has 2 aliphatic heterocycles. The van der Waals surface area contributed by atoms with Gasteiger partial charge in [0.1, 0.15) is 12.1 Å². The number of allylic oxidation sites excluding steroid dienone is 4. The molecule has 2 saturated carbocycles. The summed E-state index contributed by atoms with van der Waals surface area (Å²) in [5.74, 6) is -1.93. The van der Waals surface area contributed by atoms with Crippen molar-refractivity contribution in [3.63, 3.8) is 0 Å². The summed E-state index contributed by atoms with van der Waals surface area (Å²) in [7, 11) is 0. The number of hydrogen-bond acceptors (Lipinski definition) is 5. The van der Waals surface area contributed by atoms with Gasteiger partial charge in [0.25, 0.3) is 5.91 Å². The quantitative estimate of drug-likeness (QED) is 0.525. The number of hydrogen-bond donors (Lipinski definition) is 2. The first kappa shape index (κ1) is 19.5. The molecule has 10 atom stereocenters. The average Bonchev–Trinajstić information content (AvgIpc) is 3.49. The lowest BCUT2D eigenvalue weighted by Crippen LogP contribution is -2.61. The van der Waals surface area contributed by atoms with E-state index in [9.17, 15) is 19.5 Å². The third-order valence-electron chi connectivity index (χ3n) is 8.74. The molecule has 31 heavy (non-hydrogen) atoms. The number of carboxylic acid groups (broad SMARTS) is 1. The first-order valence-electron chi connectivity index (χ1n) is 11.4. The second-order valence-electron chi connectivity index (χ2n) is 11.3. The predicted octanol–water partition coefficient (Wildman–Crippen LogP) is 1.93. The minimum Gasteiger partial charge on any atom is -0.479 e. The van der Waals surface area contributed by atoms with Gasteiger partial charge in [-0.15, -0.1) is 0 Å². The Balaban J connectivity index is 1.39. The van der Waals surface area contributed by atoms with Crippen molar-refractivity contribution in [3.8, 4) is 0 Å². The molecule has 6 bridgehead atoms. The molecule has 4 fully saturated rings. The Morgan fingerprint density at radius 1 is 0.935 bits per heavy atom. The summed E-state index contributed by atoms with van der Waals surface area (Å²) in [6, 6.07) is 0. The molecule has 0 aromatic rings. The number of nitrogens with one attached hydrogen (secondary N) is 1. The minimum absolute atomic E-state index is 0.135. The van der Waals surface area contributed by atoms with Crippen molar-refractivity contribution < 1.29 is 29.0 Å². The second kappa shape index (κ2) is 5.80. The molecular weight excluding hydrogens is 398 g/mol. The highest BCUT2D eigenvalue weighted by atomic mass is 16.6. The van der Waals surface area contributed by atoms with Crippen molar-refractivity contribution in [1.82, 2.24) is 5.32 Å². The number of carbonyl (C=O) groups is 3. The van der Waals surface area contributed by atoms with Crippen LogP contribution in [0.25, 0.3) is 0 Å². The van der Waals surface area contributed by atoms with Gasteiger partial charge in [-0.2, -0.15) is 0 Å². The molecular formula is C24H29NO6. The lowest BCUT2D eigenvalue weighted by atomic mass is 9.52. The summed E-state index contributed by atoms with van der Waals surface area (Å²) in [6.45, 7) is 5.09. The van der Waals surface area contributed by atoms with Gasteiger partial charge in [-0.3, -0.25) is 9.59 Å². The largest absolute Gasteiger partial charge is 0.479 e. The van der Waals surface area contributed by atoms with Crippen molar-refractivity contribution in [2.45, 2.75) is 50.4 Å². The predicted molar refractivity (Wildman–Crippen MR) is 108 cm³/mol. The number of ether oxygens (including phenoxy) is 2. The maximum atomic E-state index is 13.8. The fraction of sp³-hybridized carbons (Fsp3) is 0.708. The molecule has 0 aromatic heterocycles. The fourth-order valence-corrected chi connectivity index (χ4v) is 8.33. The SMILES string of the molecule is CC(C)(C)OC(=O)CNC(=O)C12OC(C(=O)O)([C@@H]3[C@H]1[C@H]1C=C[C@@H]3C1)[C@H]1[C@@H]2[C@@H]2C=C[C@H]1C2. The molecule has 7 nitrogen and oxygen atoms in total.